The Morgan fingerprint density at radius 2 is 2.03 bits per heavy atom. The van der Waals surface area contributed by atoms with E-state index in [1.54, 1.807) is 31.2 Å². The Balaban J connectivity index is 1.53. The van der Waals surface area contributed by atoms with Crippen molar-refractivity contribution < 1.29 is 9.90 Å². The number of hydrazone groups is 1. The van der Waals surface area contributed by atoms with Crippen molar-refractivity contribution in [2.24, 2.45) is 15.3 Å². The summed E-state index contributed by atoms with van der Waals surface area (Å²) in [7, 11) is 0. The summed E-state index contributed by atoms with van der Waals surface area (Å²) in [4.78, 5) is 17.4. The van der Waals surface area contributed by atoms with Gasteiger partial charge in [-0.15, -0.1) is 11.3 Å². The SMILES string of the molecule is CC1=NN(c2nc(-c3ccc(Br)cc3)cs2)C(=O)[C@@H]1N=Nc1cccc(CO)c1. The second-order valence-corrected chi connectivity index (χ2v) is 8.11. The van der Waals surface area contributed by atoms with E-state index in [2.05, 4.69) is 36.2 Å². The van der Waals surface area contributed by atoms with Crippen LogP contribution in [0.4, 0.5) is 10.8 Å². The molecule has 0 spiro atoms. The molecule has 0 aliphatic carbocycles. The number of benzene rings is 2. The van der Waals surface area contributed by atoms with E-state index in [4.69, 9.17) is 0 Å². The Morgan fingerprint density at radius 3 is 2.79 bits per heavy atom. The molecule has 1 N–H and O–H groups in total. The normalized spacial score (nSPS) is 16.7. The number of rotatable bonds is 5. The van der Waals surface area contributed by atoms with Crippen molar-refractivity contribution in [3.05, 3.63) is 63.9 Å². The number of azo groups is 1. The lowest BCUT2D eigenvalue weighted by Gasteiger charge is -2.08. The summed E-state index contributed by atoms with van der Waals surface area (Å²) in [5.41, 5.74) is 3.60. The summed E-state index contributed by atoms with van der Waals surface area (Å²) < 4.78 is 0.990. The molecule has 0 radical (unpaired) electrons. The van der Waals surface area contributed by atoms with Crippen molar-refractivity contribution >= 4 is 49.7 Å². The van der Waals surface area contributed by atoms with Gasteiger partial charge in [-0.1, -0.05) is 40.2 Å². The van der Waals surface area contributed by atoms with Gasteiger partial charge in [-0.25, -0.2) is 4.98 Å². The topological polar surface area (TPSA) is 90.5 Å². The van der Waals surface area contributed by atoms with Gasteiger partial charge in [0.05, 0.1) is 23.7 Å². The van der Waals surface area contributed by atoms with Crippen LogP contribution in [-0.4, -0.2) is 27.8 Å². The van der Waals surface area contributed by atoms with Crippen LogP contribution < -0.4 is 5.01 Å². The minimum Gasteiger partial charge on any atom is -0.392 e. The summed E-state index contributed by atoms with van der Waals surface area (Å²) in [6.07, 6.45) is 0. The zero-order valence-electron chi connectivity index (χ0n) is 15.4. The number of anilines is 1. The van der Waals surface area contributed by atoms with Gasteiger partial charge < -0.3 is 5.11 Å². The monoisotopic (exact) mass is 469 g/mol. The maximum atomic E-state index is 12.8. The molecule has 0 fully saturated rings. The number of amides is 1. The van der Waals surface area contributed by atoms with Crippen LogP contribution in [0.2, 0.25) is 0 Å². The second-order valence-electron chi connectivity index (χ2n) is 6.36. The maximum absolute atomic E-state index is 12.8. The van der Waals surface area contributed by atoms with E-state index in [1.807, 2.05) is 29.6 Å². The van der Waals surface area contributed by atoms with Crippen molar-refractivity contribution in [1.29, 1.82) is 0 Å². The molecule has 1 aliphatic heterocycles. The summed E-state index contributed by atoms with van der Waals surface area (Å²) >= 11 is 4.77. The number of aliphatic hydroxyl groups excluding tert-OH is 1. The maximum Gasteiger partial charge on any atom is 0.282 e. The molecule has 2 aromatic carbocycles. The van der Waals surface area contributed by atoms with E-state index in [1.165, 1.54) is 16.3 Å². The van der Waals surface area contributed by atoms with Crippen LogP contribution in [0.15, 0.2) is 73.7 Å². The highest BCUT2D eigenvalue weighted by molar-refractivity contribution is 9.10. The number of hydrogen-bond donors (Lipinski definition) is 1. The highest BCUT2D eigenvalue weighted by Crippen LogP contribution is 2.31. The first-order chi connectivity index (χ1) is 14.0. The minimum atomic E-state index is -0.784. The fourth-order valence-electron chi connectivity index (χ4n) is 2.78. The molecule has 1 atom stereocenters. The standard InChI is InChI=1S/C20H16BrN5O2S/c1-12-18(24-23-16-4-2-3-13(9-16)10-27)19(28)26(25-12)20-22-17(11-29-20)14-5-7-15(21)8-6-14/h2-9,11,18,27H,10H2,1H3/t18-/m1/s1. The Labute approximate surface area is 179 Å². The van der Waals surface area contributed by atoms with Gasteiger partial charge in [-0.3, -0.25) is 4.79 Å². The molecule has 0 unspecified atom stereocenters. The van der Waals surface area contributed by atoms with Gasteiger partial charge in [0, 0.05) is 15.4 Å². The Bertz CT molecular complexity index is 1110. The van der Waals surface area contributed by atoms with Crippen molar-refractivity contribution in [2.75, 3.05) is 5.01 Å². The molecular formula is C20H16BrN5O2S. The third kappa shape index (κ3) is 4.16. The van der Waals surface area contributed by atoms with Crippen molar-refractivity contribution in [3.63, 3.8) is 0 Å². The number of aliphatic hydroxyl groups is 1. The van der Waals surface area contributed by atoms with Gasteiger partial charge in [-0.05, 0) is 36.8 Å². The quantitative estimate of drug-likeness (QED) is 0.536. The predicted molar refractivity (Wildman–Crippen MR) is 117 cm³/mol. The van der Waals surface area contributed by atoms with Gasteiger partial charge >= 0.3 is 0 Å². The Morgan fingerprint density at radius 1 is 1.24 bits per heavy atom. The zero-order chi connectivity index (χ0) is 20.4. The molecule has 0 bridgehead atoms. The highest BCUT2D eigenvalue weighted by atomic mass is 79.9. The molecule has 1 amide bonds. The van der Waals surface area contributed by atoms with Crippen LogP contribution in [0.3, 0.4) is 0 Å². The Kier molecular flexibility index (Phi) is 5.61. The molecule has 146 valence electrons. The van der Waals surface area contributed by atoms with Crippen molar-refractivity contribution in [3.8, 4) is 11.3 Å². The summed E-state index contributed by atoms with van der Waals surface area (Å²) in [6.45, 7) is 1.67. The van der Waals surface area contributed by atoms with Gasteiger partial charge in [-0.2, -0.15) is 20.3 Å². The van der Waals surface area contributed by atoms with E-state index in [0.717, 1.165) is 21.3 Å². The summed E-state index contributed by atoms with van der Waals surface area (Å²) in [5, 5.41) is 25.6. The van der Waals surface area contributed by atoms with Gasteiger partial charge in [0.25, 0.3) is 5.91 Å². The second kappa shape index (κ2) is 8.32. The van der Waals surface area contributed by atoms with Crippen molar-refractivity contribution in [1.82, 2.24) is 4.98 Å². The van der Waals surface area contributed by atoms with Crippen LogP contribution in [0.5, 0.6) is 0 Å². The predicted octanol–water partition coefficient (Wildman–Crippen LogP) is 4.94. The van der Waals surface area contributed by atoms with E-state index in [0.29, 0.717) is 16.5 Å². The van der Waals surface area contributed by atoms with E-state index < -0.39 is 6.04 Å². The molecule has 0 saturated heterocycles. The van der Waals surface area contributed by atoms with E-state index >= 15 is 0 Å². The van der Waals surface area contributed by atoms with Crippen LogP contribution in [0.25, 0.3) is 11.3 Å². The molecule has 9 heteroatoms. The molecule has 1 aromatic heterocycles. The molecule has 1 aliphatic rings. The van der Waals surface area contributed by atoms with Gasteiger partial charge in [0.2, 0.25) is 5.13 Å². The summed E-state index contributed by atoms with van der Waals surface area (Å²) in [5.74, 6) is -0.290. The molecule has 29 heavy (non-hydrogen) atoms. The van der Waals surface area contributed by atoms with Crippen LogP contribution in [0, 0.1) is 0 Å². The van der Waals surface area contributed by atoms with Crippen LogP contribution >= 0.6 is 27.3 Å². The fourth-order valence-corrected chi connectivity index (χ4v) is 3.83. The lowest BCUT2D eigenvalue weighted by molar-refractivity contribution is -0.117. The Hall–Kier alpha value is -2.75. The lowest BCUT2D eigenvalue weighted by atomic mass is 10.2. The number of halogens is 1. The average molecular weight is 470 g/mol. The number of carbonyl (C=O) groups excluding carboxylic acids is 1. The van der Waals surface area contributed by atoms with Gasteiger partial charge in [0.1, 0.15) is 0 Å². The number of aromatic nitrogens is 1. The number of thiazole rings is 1. The minimum absolute atomic E-state index is 0.0786. The van der Waals surface area contributed by atoms with Crippen LogP contribution in [0.1, 0.15) is 12.5 Å². The number of hydrogen-bond acceptors (Lipinski definition) is 7. The average Bonchev–Trinajstić information content (AvgIpc) is 3.32. The lowest BCUT2D eigenvalue weighted by Crippen LogP contribution is -2.29. The van der Waals surface area contributed by atoms with Gasteiger partial charge in [0.15, 0.2) is 6.04 Å². The summed E-state index contributed by atoms with van der Waals surface area (Å²) in [6, 6.07) is 14.1. The number of nitrogens with zero attached hydrogens (tertiary/aromatic N) is 5. The van der Waals surface area contributed by atoms with E-state index in [-0.39, 0.29) is 12.5 Å². The molecule has 4 rings (SSSR count). The molecule has 3 aromatic rings. The third-order valence-electron chi connectivity index (χ3n) is 4.29. The molecule has 2 heterocycles. The first-order valence-electron chi connectivity index (χ1n) is 8.76. The molecular weight excluding hydrogens is 454 g/mol. The number of carbonyl (C=O) groups is 1. The fraction of sp³-hybridized carbons (Fsp3) is 0.150. The van der Waals surface area contributed by atoms with Crippen LogP contribution in [-0.2, 0) is 11.4 Å². The smallest absolute Gasteiger partial charge is 0.282 e. The first-order valence-corrected chi connectivity index (χ1v) is 10.4. The molecule has 0 saturated carbocycles. The van der Waals surface area contributed by atoms with E-state index in [9.17, 15) is 9.90 Å². The highest BCUT2D eigenvalue weighted by Gasteiger charge is 2.36. The first kappa shape index (κ1) is 19.6. The van der Waals surface area contributed by atoms with Crippen molar-refractivity contribution in [2.45, 2.75) is 19.6 Å². The third-order valence-corrected chi connectivity index (χ3v) is 5.64. The molecule has 7 nitrogen and oxygen atoms in total. The largest absolute Gasteiger partial charge is 0.392 e. The zero-order valence-corrected chi connectivity index (χ0v) is 17.8.